The quantitative estimate of drug-likeness (QED) is 0.835. The third-order valence-corrected chi connectivity index (χ3v) is 3.91. The van der Waals surface area contributed by atoms with Crippen molar-refractivity contribution in [2.75, 3.05) is 24.5 Å². The summed E-state index contributed by atoms with van der Waals surface area (Å²) in [7, 11) is 0. The van der Waals surface area contributed by atoms with E-state index in [1.54, 1.807) is 0 Å². The number of rotatable bonds is 1. The van der Waals surface area contributed by atoms with E-state index in [1.807, 2.05) is 0 Å². The van der Waals surface area contributed by atoms with E-state index in [-0.39, 0.29) is 11.6 Å². The van der Waals surface area contributed by atoms with Crippen molar-refractivity contribution >= 4 is 21.6 Å². The van der Waals surface area contributed by atoms with Gasteiger partial charge in [0.2, 0.25) is 0 Å². The van der Waals surface area contributed by atoms with Gasteiger partial charge in [0.25, 0.3) is 0 Å². The first-order valence-corrected chi connectivity index (χ1v) is 7.11. The number of hydrogen-bond donors (Lipinski definition) is 2. The predicted molar refractivity (Wildman–Crippen MR) is 79.2 cm³/mol. The molecule has 100 valence electrons. The summed E-state index contributed by atoms with van der Waals surface area (Å²) >= 11 is 3.62. The Balaban J connectivity index is 2.29. The normalized spacial score (nSPS) is 23.8. The maximum atomic E-state index is 9.98. The van der Waals surface area contributed by atoms with Crippen LogP contribution in [0.4, 0.5) is 5.69 Å². The summed E-state index contributed by atoms with van der Waals surface area (Å²) in [6.45, 7) is 8.61. The summed E-state index contributed by atoms with van der Waals surface area (Å²) in [5.41, 5.74) is 2.39. The molecule has 1 atom stereocenters. The molecule has 0 aromatic heterocycles. The number of aliphatic hydroxyl groups excluding tert-OH is 1. The van der Waals surface area contributed by atoms with E-state index in [2.05, 4.69) is 65.1 Å². The summed E-state index contributed by atoms with van der Waals surface area (Å²) in [4.78, 5) is 2.24. The molecule has 2 N–H and O–H groups in total. The Kier molecular flexibility index (Phi) is 3.99. The molecule has 0 saturated carbocycles. The standard InChI is InChI=1S/C14H21BrN2O/c1-10-4-5-13(12(15)6-10)17-8-11(18)7-16-14(2,3)9-17/h4-6,11,16,18H,7-9H2,1-3H3. The molecule has 0 aliphatic carbocycles. The van der Waals surface area contributed by atoms with Gasteiger partial charge in [0.05, 0.1) is 11.8 Å². The number of nitrogens with one attached hydrogen (secondary N) is 1. The van der Waals surface area contributed by atoms with E-state index < -0.39 is 0 Å². The number of halogens is 1. The largest absolute Gasteiger partial charge is 0.390 e. The van der Waals surface area contributed by atoms with Crippen molar-refractivity contribution in [3.8, 4) is 0 Å². The SMILES string of the molecule is Cc1ccc(N2CC(O)CNC(C)(C)C2)c(Br)c1. The van der Waals surface area contributed by atoms with Crippen LogP contribution < -0.4 is 10.2 Å². The molecule has 3 nitrogen and oxygen atoms in total. The van der Waals surface area contributed by atoms with Gasteiger partial charge in [0, 0.05) is 29.6 Å². The van der Waals surface area contributed by atoms with E-state index in [0.717, 1.165) is 16.7 Å². The van der Waals surface area contributed by atoms with Gasteiger partial charge >= 0.3 is 0 Å². The molecule has 2 rings (SSSR count). The molecular weight excluding hydrogens is 292 g/mol. The first-order chi connectivity index (χ1) is 8.37. The van der Waals surface area contributed by atoms with Crippen molar-refractivity contribution in [3.05, 3.63) is 28.2 Å². The number of aliphatic hydroxyl groups is 1. The van der Waals surface area contributed by atoms with E-state index in [4.69, 9.17) is 0 Å². The molecule has 1 aromatic rings. The highest BCUT2D eigenvalue weighted by Gasteiger charge is 2.28. The maximum absolute atomic E-state index is 9.98. The number of anilines is 1. The van der Waals surface area contributed by atoms with Gasteiger partial charge in [-0.3, -0.25) is 0 Å². The minimum atomic E-state index is -0.333. The Bertz CT molecular complexity index is 434. The van der Waals surface area contributed by atoms with Crippen molar-refractivity contribution in [2.24, 2.45) is 0 Å². The van der Waals surface area contributed by atoms with Crippen LogP contribution in [0.25, 0.3) is 0 Å². The molecule has 0 amide bonds. The monoisotopic (exact) mass is 312 g/mol. The van der Waals surface area contributed by atoms with Gasteiger partial charge in [-0.05, 0) is 54.4 Å². The lowest BCUT2D eigenvalue weighted by molar-refractivity contribution is 0.179. The van der Waals surface area contributed by atoms with Crippen LogP contribution in [0.2, 0.25) is 0 Å². The van der Waals surface area contributed by atoms with Gasteiger partial charge in [0.15, 0.2) is 0 Å². The molecule has 1 heterocycles. The summed E-state index contributed by atoms with van der Waals surface area (Å²) in [6.07, 6.45) is -0.333. The maximum Gasteiger partial charge on any atom is 0.0839 e. The number of hydrogen-bond acceptors (Lipinski definition) is 3. The van der Waals surface area contributed by atoms with Crippen LogP contribution in [0.15, 0.2) is 22.7 Å². The van der Waals surface area contributed by atoms with E-state index in [9.17, 15) is 5.11 Å². The zero-order chi connectivity index (χ0) is 13.3. The topological polar surface area (TPSA) is 35.5 Å². The van der Waals surface area contributed by atoms with Crippen molar-refractivity contribution in [2.45, 2.75) is 32.4 Å². The summed E-state index contributed by atoms with van der Waals surface area (Å²) in [5.74, 6) is 0. The van der Waals surface area contributed by atoms with Crippen LogP contribution in [0.1, 0.15) is 19.4 Å². The Morgan fingerprint density at radius 1 is 1.44 bits per heavy atom. The minimum Gasteiger partial charge on any atom is -0.390 e. The van der Waals surface area contributed by atoms with Crippen LogP contribution in [0, 0.1) is 6.92 Å². The molecule has 0 radical (unpaired) electrons. The highest BCUT2D eigenvalue weighted by molar-refractivity contribution is 9.10. The Morgan fingerprint density at radius 3 is 2.83 bits per heavy atom. The third kappa shape index (κ3) is 3.25. The molecular formula is C14H21BrN2O. The highest BCUT2D eigenvalue weighted by Crippen LogP contribution is 2.29. The first kappa shape index (κ1) is 13.8. The van der Waals surface area contributed by atoms with Gasteiger partial charge in [-0.15, -0.1) is 0 Å². The molecule has 1 fully saturated rings. The van der Waals surface area contributed by atoms with Crippen LogP contribution in [0.5, 0.6) is 0 Å². The number of benzene rings is 1. The average molecular weight is 313 g/mol. The molecule has 1 aromatic carbocycles. The van der Waals surface area contributed by atoms with Gasteiger partial charge in [-0.25, -0.2) is 0 Å². The van der Waals surface area contributed by atoms with Gasteiger partial charge in [-0.2, -0.15) is 0 Å². The summed E-state index contributed by atoms with van der Waals surface area (Å²) < 4.78 is 1.09. The number of β-amino-alcohol motifs (C(OH)–C–C–N with tert-alkyl or cyclic N) is 1. The lowest BCUT2D eigenvalue weighted by atomic mass is 10.1. The molecule has 1 aliphatic rings. The fraction of sp³-hybridized carbons (Fsp3) is 0.571. The third-order valence-electron chi connectivity index (χ3n) is 3.28. The van der Waals surface area contributed by atoms with E-state index in [0.29, 0.717) is 13.1 Å². The highest BCUT2D eigenvalue weighted by atomic mass is 79.9. The first-order valence-electron chi connectivity index (χ1n) is 6.31. The Labute approximate surface area is 117 Å². The molecule has 1 aliphatic heterocycles. The van der Waals surface area contributed by atoms with Crippen LogP contribution in [-0.2, 0) is 0 Å². The van der Waals surface area contributed by atoms with E-state index >= 15 is 0 Å². The average Bonchev–Trinajstić information content (AvgIpc) is 2.37. The zero-order valence-corrected chi connectivity index (χ0v) is 12.8. The number of aryl methyl sites for hydroxylation is 1. The van der Waals surface area contributed by atoms with Crippen molar-refractivity contribution in [3.63, 3.8) is 0 Å². The van der Waals surface area contributed by atoms with Crippen LogP contribution in [0.3, 0.4) is 0 Å². The second kappa shape index (κ2) is 5.19. The molecule has 0 spiro atoms. The lowest BCUT2D eigenvalue weighted by Gasteiger charge is -2.32. The Morgan fingerprint density at radius 2 is 2.17 bits per heavy atom. The van der Waals surface area contributed by atoms with Crippen molar-refractivity contribution in [1.82, 2.24) is 5.32 Å². The lowest BCUT2D eigenvalue weighted by Crippen LogP contribution is -2.46. The number of nitrogens with zero attached hydrogens (tertiary/aromatic N) is 1. The Hall–Kier alpha value is -0.580. The molecule has 0 bridgehead atoms. The minimum absolute atomic E-state index is 0.00179. The second-order valence-electron chi connectivity index (χ2n) is 5.75. The predicted octanol–water partition coefficient (Wildman–Crippen LogP) is 2.31. The summed E-state index contributed by atoms with van der Waals surface area (Å²) in [6, 6.07) is 6.35. The van der Waals surface area contributed by atoms with Gasteiger partial charge < -0.3 is 15.3 Å². The summed E-state index contributed by atoms with van der Waals surface area (Å²) in [5, 5.41) is 13.4. The smallest absolute Gasteiger partial charge is 0.0839 e. The van der Waals surface area contributed by atoms with Crippen LogP contribution in [-0.4, -0.2) is 36.4 Å². The molecule has 18 heavy (non-hydrogen) atoms. The molecule has 1 saturated heterocycles. The van der Waals surface area contributed by atoms with E-state index in [1.165, 1.54) is 5.56 Å². The van der Waals surface area contributed by atoms with Crippen molar-refractivity contribution < 1.29 is 5.11 Å². The molecule has 1 unspecified atom stereocenters. The van der Waals surface area contributed by atoms with Gasteiger partial charge in [-0.1, -0.05) is 6.07 Å². The zero-order valence-electron chi connectivity index (χ0n) is 11.2. The van der Waals surface area contributed by atoms with Crippen LogP contribution >= 0.6 is 15.9 Å². The fourth-order valence-electron chi connectivity index (χ4n) is 2.36. The molecule has 4 heteroatoms. The second-order valence-corrected chi connectivity index (χ2v) is 6.61. The van der Waals surface area contributed by atoms with Gasteiger partial charge in [0.1, 0.15) is 0 Å². The fourth-order valence-corrected chi connectivity index (χ4v) is 3.11. The van der Waals surface area contributed by atoms with Crippen molar-refractivity contribution in [1.29, 1.82) is 0 Å².